The molecule has 0 aromatic carbocycles. The Morgan fingerprint density at radius 3 is 2.95 bits per heavy atom. The van der Waals surface area contributed by atoms with Crippen molar-refractivity contribution in [3.63, 3.8) is 0 Å². The maximum absolute atomic E-state index is 5.69. The van der Waals surface area contributed by atoms with Crippen molar-refractivity contribution in [2.45, 2.75) is 64.1 Å². The first-order chi connectivity index (χ1) is 9.19. The first-order valence-electron chi connectivity index (χ1n) is 7.52. The summed E-state index contributed by atoms with van der Waals surface area (Å²) in [4.78, 5) is 0. The second kappa shape index (κ2) is 7.06. The fraction of sp³-hybridized carbons (Fsp3) is 0.800. The number of rotatable bonds is 7. The van der Waals surface area contributed by atoms with Gasteiger partial charge in [-0.05, 0) is 52.6 Å². The lowest BCUT2D eigenvalue weighted by Gasteiger charge is -2.17. The summed E-state index contributed by atoms with van der Waals surface area (Å²) < 4.78 is 7.72. The average Bonchev–Trinajstić information content (AvgIpc) is 3.05. The van der Waals surface area contributed by atoms with Gasteiger partial charge in [-0.2, -0.15) is 5.10 Å². The van der Waals surface area contributed by atoms with Crippen molar-refractivity contribution < 1.29 is 4.74 Å². The lowest BCUT2D eigenvalue weighted by molar-refractivity contribution is 0.0998. The van der Waals surface area contributed by atoms with Crippen molar-refractivity contribution >= 4 is 0 Å². The van der Waals surface area contributed by atoms with Crippen LogP contribution in [-0.4, -0.2) is 35.6 Å². The summed E-state index contributed by atoms with van der Waals surface area (Å²) in [5, 5.41) is 8.03. The molecule has 0 amide bonds. The molecular formula is C15H27N3O. The average molecular weight is 265 g/mol. The number of nitrogens with one attached hydrogen (secondary N) is 1. The Bertz CT molecular complexity index is 369. The molecule has 1 N–H and O–H groups in total. The van der Waals surface area contributed by atoms with Gasteiger partial charge in [0.1, 0.15) is 0 Å². The molecule has 2 atom stereocenters. The molecule has 0 saturated carbocycles. The van der Waals surface area contributed by atoms with E-state index in [2.05, 4.69) is 36.5 Å². The van der Waals surface area contributed by atoms with Crippen LogP contribution in [0.25, 0.3) is 0 Å². The molecule has 2 unspecified atom stereocenters. The summed E-state index contributed by atoms with van der Waals surface area (Å²) >= 11 is 0. The molecule has 0 radical (unpaired) electrons. The van der Waals surface area contributed by atoms with Crippen LogP contribution < -0.4 is 5.32 Å². The van der Waals surface area contributed by atoms with Crippen molar-refractivity contribution in [3.05, 3.63) is 18.0 Å². The number of hydrogen-bond donors (Lipinski definition) is 1. The number of nitrogens with zero attached hydrogens (tertiary/aromatic N) is 2. The van der Waals surface area contributed by atoms with E-state index in [1.165, 1.54) is 18.5 Å². The highest BCUT2D eigenvalue weighted by Crippen LogP contribution is 2.18. The molecule has 2 heterocycles. The van der Waals surface area contributed by atoms with E-state index in [4.69, 9.17) is 4.74 Å². The van der Waals surface area contributed by atoms with Gasteiger partial charge >= 0.3 is 0 Å². The van der Waals surface area contributed by atoms with Crippen LogP contribution in [0.4, 0.5) is 0 Å². The third kappa shape index (κ3) is 4.32. The summed E-state index contributed by atoms with van der Waals surface area (Å²) in [5.41, 5.74) is 1.18. The van der Waals surface area contributed by atoms with Gasteiger partial charge in [0.2, 0.25) is 0 Å². The van der Waals surface area contributed by atoms with Crippen LogP contribution in [0.5, 0.6) is 0 Å². The Morgan fingerprint density at radius 1 is 1.53 bits per heavy atom. The van der Waals surface area contributed by atoms with Crippen molar-refractivity contribution in [3.8, 4) is 0 Å². The maximum atomic E-state index is 5.69. The van der Waals surface area contributed by atoms with Crippen LogP contribution in [0.1, 0.15) is 51.3 Å². The van der Waals surface area contributed by atoms with E-state index in [0.717, 1.165) is 25.9 Å². The van der Waals surface area contributed by atoms with Crippen molar-refractivity contribution in [2.75, 3.05) is 13.7 Å². The summed E-state index contributed by atoms with van der Waals surface area (Å²) in [7, 11) is 2.04. The molecular weight excluding hydrogens is 238 g/mol. The highest BCUT2D eigenvalue weighted by atomic mass is 16.5. The van der Waals surface area contributed by atoms with E-state index in [1.807, 2.05) is 11.7 Å². The molecule has 1 fully saturated rings. The molecule has 0 aliphatic carbocycles. The number of aromatic nitrogens is 2. The van der Waals surface area contributed by atoms with E-state index in [1.54, 1.807) is 0 Å². The quantitative estimate of drug-likeness (QED) is 0.823. The second-order valence-corrected chi connectivity index (χ2v) is 5.78. The number of hydrogen-bond acceptors (Lipinski definition) is 3. The fourth-order valence-electron chi connectivity index (χ4n) is 2.63. The van der Waals surface area contributed by atoms with Gasteiger partial charge in [-0.3, -0.25) is 4.68 Å². The zero-order valence-electron chi connectivity index (χ0n) is 12.4. The van der Waals surface area contributed by atoms with E-state index in [-0.39, 0.29) is 0 Å². The minimum Gasteiger partial charge on any atom is -0.378 e. The Hall–Kier alpha value is -0.870. The van der Waals surface area contributed by atoms with Crippen LogP contribution in [0, 0.1) is 0 Å². The van der Waals surface area contributed by atoms with Crippen LogP contribution in [0.2, 0.25) is 0 Å². The van der Waals surface area contributed by atoms with E-state index in [9.17, 15) is 0 Å². The molecule has 19 heavy (non-hydrogen) atoms. The highest BCUT2D eigenvalue weighted by molar-refractivity contribution is 5.02. The molecule has 1 aromatic rings. The first kappa shape index (κ1) is 14.5. The Morgan fingerprint density at radius 2 is 2.37 bits per heavy atom. The lowest BCUT2D eigenvalue weighted by atomic mass is 10.0. The Kier molecular flexibility index (Phi) is 5.40. The third-order valence-electron chi connectivity index (χ3n) is 3.92. The van der Waals surface area contributed by atoms with Crippen LogP contribution in [0.15, 0.2) is 12.3 Å². The molecule has 4 heteroatoms. The van der Waals surface area contributed by atoms with Crippen molar-refractivity contribution in [1.29, 1.82) is 0 Å². The monoisotopic (exact) mass is 265 g/mol. The normalized spacial score (nSPS) is 21.2. The van der Waals surface area contributed by atoms with Crippen molar-refractivity contribution in [1.82, 2.24) is 15.1 Å². The SMILES string of the molecule is CNC(CCC1CCCO1)Cc1ccn(C(C)C)n1. The Balaban J connectivity index is 1.80. The number of likely N-dealkylation sites (N-methyl/N-ethyl adjacent to an activating group) is 1. The standard InChI is InChI=1S/C15H27N3O/c1-12(2)18-9-8-14(17-18)11-13(16-3)6-7-15-5-4-10-19-15/h8-9,12-13,15-16H,4-7,10-11H2,1-3H3. The first-order valence-corrected chi connectivity index (χ1v) is 7.52. The minimum atomic E-state index is 0.439. The zero-order valence-corrected chi connectivity index (χ0v) is 12.4. The molecule has 1 aromatic heterocycles. The van der Waals surface area contributed by atoms with E-state index in [0.29, 0.717) is 18.2 Å². The largest absolute Gasteiger partial charge is 0.378 e. The molecule has 0 bridgehead atoms. The van der Waals surface area contributed by atoms with Crippen LogP contribution in [0.3, 0.4) is 0 Å². The summed E-state index contributed by atoms with van der Waals surface area (Å²) in [6.07, 6.45) is 8.36. The fourth-order valence-corrected chi connectivity index (χ4v) is 2.63. The third-order valence-corrected chi connectivity index (χ3v) is 3.92. The zero-order chi connectivity index (χ0) is 13.7. The number of ether oxygens (including phenoxy) is 1. The Labute approximate surface area is 116 Å². The van der Waals surface area contributed by atoms with Gasteiger partial charge in [0.25, 0.3) is 0 Å². The maximum Gasteiger partial charge on any atom is 0.0640 e. The predicted molar refractivity (Wildman–Crippen MR) is 77.4 cm³/mol. The van der Waals surface area contributed by atoms with Gasteiger partial charge in [0.05, 0.1) is 11.8 Å². The molecule has 4 nitrogen and oxygen atoms in total. The van der Waals surface area contributed by atoms with Gasteiger partial charge in [0.15, 0.2) is 0 Å². The smallest absolute Gasteiger partial charge is 0.0640 e. The molecule has 1 aliphatic heterocycles. The van der Waals surface area contributed by atoms with Gasteiger partial charge < -0.3 is 10.1 Å². The lowest BCUT2D eigenvalue weighted by Crippen LogP contribution is -2.29. The topological polar surface area (TPSA) is 39.1 Å². The molecule has 0 spiro atoms. The highest BCUT2D eigenvalue weighted by Gasteiger charge is 2.18. The summed E-state index contributed by atoms with van der Waals surface area (Å²) in [6, 6.07) is 3.07. The molecule has 2 rings (SSSR count). The second-order valence-electron chi connectivity index (χ2n) is 5.78. The summed E-state index contributed by atoms with van der Waals surface area (Å²) in [6.45, 7) is 5.27. The van der Waals surface area contributed by atoms with Gasteiger partial charge in [-0.25, -0.2) is 0 Å². The molecule has 108 valence electrons. The van der Waals surface area contributed by atoms with Gasteiger partial charge in [-0.1, -0.05) is 0 Å². The molecule has 1 aliphatic rings. The van der Waals surface area contributed by atoms with E-state index < -0.39 is 0 Å². The van der Waals surface area contributed by atoms with Gasteiger partial charge in [0, 0.05) is 31.3 Å². The van der Waals surface area contributed by atoms with Crippen LogP contribution >= 0.6 is 0 Å². The van der Waals surface area contributed by atoms with Crippen LogP contribution in [-0.2, 0) is 11.2 Å². The minimum absolute atomic E-state index is 0.439. The summed E-state index contributed by atoms with van der Waals surface area (Å²) in [5.74, 6) is 0. The molecule has 1 saturated heterocycles. The van der Waals surface area contributed by atoms with Crippen molar-refractivity contribution in [2.24, 2.45) is 0 Å². The van der Waals surface area contributed by atoms with E-state index >= 15 is 0 Å². The van der Waals surface area contributed by atoms with Gasteiger partial charge in [-0.15, -0.1) is 0 Å². The predicted octanol–water partition coefficient (Wildman–Crippen LogP) is 2.55.